The number of nitrogens with one attached hydrogen (secondary N) is 1. The second kappa shape index (κ2) is 6.56. The molecule has 0 unspecified atom stereocenters. The maximum Gasteiger partial charge on any atom is 0.307 e. The van der Waals surface area contributed by atoms with Crippen LogP contribution in [0, 0.1) is 23.6 Å². The molecule has 4 saturated carbocycles. The first kappa shape index (κ1) is 17.9. The highest BCUT2D eigenvalue weighted by atomic mass is 19.1. The Labute approximate surface area is 174 Å². The number of halogens is 1. The molecule has 4 aliphatic carbocycles. The fourth-order valence-electron chi connectivity index (χ4n) is 6.42. The van der Waals surface area contributed by atoms with E-state index in [-0.39, 0.29) is 17.3 Å². The van der Waals surface area contributed by atoms with Gasteiger partial charge in [-0.15, -0.1) is 0 Å². The Balaban J connectivity index is 1.31. The molecule has 0 saturated heterocycles. The van der Waals surface area contributed by atoms with Gasteiger partial charge in [0, 0.05) is 11.7 Å². The van der Waals surface area contributed by atoms with E-state index in [0.717, 1.165) is 37.0 Å². The molecule has 154 valence electrons. The van der Waals surface area contributed by atoms with E-state index in [0.29, 0.717) is 23.0 Å². The van der Waals surface area contributed by atoms with Crippen molar-refractivity contribution in [2.75, 3.05) is 0 Å². The number of ether oxygens (including phenoxy) is 1. The summed E-state index contributed by atoms with van der Waals surface area (Å²) in [5.41, 5.74) is 1.01. The van der Waals surface area contributed by atoms with Crippen LogP contribution in [0.5, 0.6) is 11.8 Å². The smallest absolute Gasteiger partial charge is 0.307 e. The topological polar surface area (TPSA) is 55.6 Å². The van der Waals surface area contributed by atoms with Gasteiger partial charge in [-0.1, -0.05) is 6.07 Å². The minimum atomic E-state index is -0.328. The zero-order valence-corrected chi connectivity index (χ0v) is 16.7. The van der Waals surface area contributed by atoms with Crippen molar-refractivity contribution in [1.82, 2.24) is 14.7 Å². The highest BCUT2D eigenvalue weighted by molar-refractivity contribution is 5.99. The van der Waals surface area contributed by atoms with Crippen molar-refractivity contribution in [3.05, 3.63) is 60.2 Å². The van der Waals surface area contributed by atoms with Crippen LogP contribution < -0.4 is 10.1 Å². The summed E-state index contributed by atoms with van der Waals surface area (Å²) in [4.78, 5) is 17.9. The molecule has 4 bridgehead atoms. The highest BCUT2D eigenvalue weighted by Crippen LogP contribution is 2.55. The van der Waals surface area contributed by atoms with Crippen molar-refractivity contribution in [1.29, 1.82) is 0 Å². The third-order valence-corrected chi connectivity index (χ3v) is 7.17. The number of aromatic nitrogens is 2. The predicted molar refractivity (Wildman–Crippen MR) is 110 cm³/mol. The number of rotatable bonds is 4. The number of nitrogens with zero attached hydrogens (tertiary/aromatic N) is 2. The molecule has 0 atom stereocenters. The number of imidazole rings is 1. The molecule has 1 aromatic carbocycles. The molecular formula is C24H24FN3O2. The van der Waals surface area contributed by atoms with E-state index < -0.39 is 0 Å². The van der Waals surface area contributed by atoms with Gasteiger partial charge >= 0.3 is 6.01 Å². The molecule has 0 aliphatic heterocycles. The van der Waals surface area contributed by atoms with Crippen LogP contribution in [0.4, 0.5) is 4.39 Å². The molecule has 6 heteroatoms. The lowest BCUT2D eigenvalue weighted by Gasteiger charge is -2.56. The van der Waals surface area contributed by atoms with Gasteiger partial charge in [0.2, 0.25) is 0 Å². The largest absolute Gasteiger partial charge is 0.425 e. The average Bonchev–Trinajstić information content (AvgIpc) is 3.07. The SMILES string of the molecule is O=C(NC12CC3CC(CC(C3)C1)C2)c1nc(Oc2ccc(F)cc2)n2ccccc12. The van der Waals surface area contributed by atoms with Gasteiger partial charge in [0.25, 0.3) is 5.91 Å². The number of fused-ring (bicyclic) bond motifs is 1. The maximum atomic E-state index is 13.4. The first-order valence-electron chi connectivity index (χ1n) is 10.8. The van der Waals surface area contributed by atoms with Gasteiger partial charge in [-0.25, -0.2) is 4.39 Å². The number of hydrogen-bond acceptors (Lipinski definition) is 3. The van der Waals surface area contributed by atoms with E-state index in [4.69, 9.17) is 4.74 Å². The van der Waals surface area contributed by atoms with Crippen LogP contribution in [0.2, 0.25) is 0 Å². The predicted octanol–water partition coefficient (Wildman–Crippen LogP) is 4.96. The Morgan fingerprint density at radius 2 is 1.70 bits per heavy atom. The summed E-state index contributed by atoms with van der Waals surface area (Å²) in [6.07, 6.45) is 9.09. The second-order valence-electron chi connectivity index (χ2n) is 9.41. The fourth-order valence-corrected chi connectivity index (χ4v) is 6.42. The summed E-state index contributed by atoms with van der Waals surface area (Å²) >= 11 is 0. The lowest BCUT2D eigenvalue weighted by molar-refractivity contribution is -0.0167. The number of carbonyl (C=O) groups excluding carboxylic acids is 1. The Bertz CT molecular complexity index is 1090. The van der Waals surface area contributed by atoms with Crippen LogP contribution in [0.15, 0.2) is 48.7 Å². The van der Waals surface area contributed by atoms with Crippen LogP contribution in [-0.4, -0.2) is 20.8 Å². The maximum absolute atomic E-state index is 13.4. The molecule has 0 spiro atoms. The lowest BCUT2D eigenvalue weighted by Crippen LogP contribution is -2.59. The molecule has 5 nitrogen and oxygen atoms in total. The van der Waals surface area contributed by atoms with E-state index in [1.54, 1.807) is 16.5 Å². The van der Waals surface area contributed by atoms with Crippen molar-refractivity contribution in [2.24, 2.45) is 17.8 Å². The van der Waals surface area contributed by atoms with Gasteiger partial charge in [-0.2, -0.15) is 4.98 Å². The van der Waals surface area contributed by atoms with Crippen LogP contribution in [0.3, 0.4) is 0 Å². The molecule has 2 heterocycles. The Morgan fingerprint density at radius 1 is 1.03 bits per heavy atom. The van der Waals surface area contributed by atoms with Crippen molar-refractivity contribution in [2.45, 2.75) is 44.1 Å². The average molecular weight is 405 g/mol. The number of pyridine rings is 1. The van der Waals surface area contributed by atoms with Crippen molar-refractivity contribution in [3.8, 4) is 11.8 Å². The zero-order valence-electron chi connectivity index (χ0n) is 16.7. The molecule has 4 aliphatic rings. The summed E-state index contributed by atoms with van der Waals surface area (Å²) in [6.45, 7) is 0. The van der Waals surface area contributed by atoms with Crippen LogP contribution in [-0.2, 0) is 0 Å². The number of amides is 1. The Kier molecular flexibility index (Phi) is 3.92. The van der Waals surface area contributed by atoms with Crippen molar-refractivity contribution < 1.29 is 13.9 Å². The van der Waals surface area contributed by atoms with Gasteiger partial charge < -0.3 is 10.1 Å². The molecular weight excluding hydrogens is 381 g/mol. The molecule has 1 amide bonds. The quantitative estimate of drug-likeness (QED) is 0.667. The standard InChI is InChI=1S/C24H24FN3O2/c25-18-4-6-19(7-5-18)30-23-26-21(20-3-1-2-8-28(20)23)22(29)27-24-12-15-9-16(13-24)11-17(10-15)14-24/h1-8,15-17H,9-14H2,(H,27,29). The first-order chi connectivity index (χ1) is 14.6. The Hall–Kier alpha value is -2.89. The van der Waals surface area contributed by atoms with Crippen molar-refractivity contribution in [3.63, 3.8) is 0 Å². The van der Waals surface area contributed by atoms with Gasteiger partial charge in [-0.3, -0.25) is 9.20 Å². The first-order valence-corrected chi connectivity index (χ1v) is 10.8. The van der Waals surface area contributed by atoms with Crippen LogP contribution >= 0.6 is 0 Å². The Morgan fingerprint density at radius 3 is 2.37 bits per heavy atom. The van der Waals surface area contributed by atoms with Gasteiger partial charge in [0.05, 0.1) is 5.52 Å². The van der Waals surface area contributed by atoms with Crippen molar-refractivity contribution >= 4 is 11.4 Å². The van der Waals surface area contributed by atoms with Gasteiger partial charge in [0.15, 0.2) is 5.69 Å². The van der Waals surface area contributed by atoms with E-state index >= 15 is 0 Å². The van der Waals surface area contributed by atoms with E-state index in [1.165, 1.54) is 31.4 Å². The number of carbonyl (C=O) groups is 1. The van der Waals surface area contributed by atoms with Gasteiger partial charge in [0.1, 0.15) is 11.6 Å². The monoisotopic (exact) mass is 405 g/mol. The minimum Gasteiger partial charge on any atom is -0.425 e. The molecule has 1 N–H and O–H groups in total. The number of benzene rings is 1. The second-order valence-corrected chi connectivity index (χ2v) is 9.41. The van der Waals surface area contributed by atoms with E-state index in [9.17, 15) is 9.18 Å². The van der Waals surface area contributed by atoms with Crippen LogP contribution in [0.1, 0.15) is 49.0 Å². The highest BCUT2D eigenvalue weighted by Gasteiger charge is 2.51. The number of hydrogen-bond donors (Lipinski definition) is 1. The molecule has 4 fully saturated rings. The summed E-state index contributed by atoms with van der Waals surface area (Å²) in [7, 11) is 0. The third kappa shape index (κ3) is 2.97. The van der Waals surface area contributed by atoms with E-state index in [1.807, 2.05) is 24.4 Å². The summed E-state index contributed by atoms with van der Waals surface area (Å²) in [5.74, 6) is 2.29. The summed E-state index contributed by atoms with van der Waals surface area (Å²) in [6, 6.07) is 11.7. The molecule has 0 radical (unpaired) electrons. The summed E-state index contributed by atoms with van der Waals surface area (Å²) in [5, 5.41) is 3.40. The molecule has 7 rings (SSSR count). The van der Waals surface area contributed by atoms with Crippen LogP contribution in [0.25, 0.3) is 5.52 Å². The van der Waals surface area contributed by atoms with Gasteiger partial charge in [-0.05, 0) is 92.7 Å². The normalized spacial score (nSPS) is 29.3. The minimum absolute atomic E-state index is 0.0749. The molecule has 2 aromatic heterocycles. The summed E-state index contributed by atoms with van der Waals surface area (Å²) < 4.78 is 20.9. The molecule has 30 heavy (non-hydrogen) atoms. The van der Waals surface area contributed by atoms with E-state index in [2.05, 4.69) is 10.3 Å². The fraction of sp³-hybridized carbons (Fsp3) is 0.417. The third-order valence-electron chi connectivity index (χ3n) is 7.17. The zero-order chi connectivity index (χ0) is 20.3. The lowest BCUT2D eigenvalue weighted by atomic mass is 9.53. The molecule has 3 aromatic rings.